The normalized spacial score (nSPS) is 15.2. The summed E-state index contributed by atoms with van der Waals surface area (Å²) in [4.78, 5) is 31.7. The van der Waals surface area contributed by atoms with Crippen LogP contribution < -0.4 is 4.90 Å². The van der Waals surface area contributed by atoms with Gasteiger partial charge in [0, 0.05) is 19.3 Å². The van der Waals surface area contributed by atoms with Crippen LogP contribution in [0.3, 0.4) is 0 Å². The summed E-state index contributed by atoms with van der Waals surface area (Å²) in [6.07, 6.45) is 2.29. The van der Waals surface area contributed by atoms with Gasteiger partial charge in [0.15, 0.2) is 0 Å². The molecule has 1 fully saturated rings. The molecule has 0 amide bonds. The molecule has 0 saturated carbocycles. The average Bonchev–Trinajstić information content (AvgIpc) is 2.53. The molecule has 1 aromatic rings. The standard InChI is InChI=1S/C13H17ClN4O5/c1-2-23-11(19)8-17(9-3-5-22-6-4-9)12-10(18(20)21)7-15-13(14)16-12/h7,9H,2-6,8H2,1H3. The van der Waals surface area contributed by atoms with Crippen molar-refractivity contribution in [1.82, 2.24) is 9.97 Å². The van der Waals surface area contributed by atoms with Gasteiger partial charge in [0.05, 0.1) is 11.5 Å². The molecule has 0 aliphatic carbocycles. The molecular weight excluding hydrogens is 328 g/mol. The van der Waals surface area contributed by atoms with Gasteiger partial charge >= 0.3 is 11.7 Å². The van der Waals surface area contributed by atoms with Crippen molar-refractivity contribution in [2.45, 2.75) is 25.8 Å². The molecule has 23 heavy (non-hydrogen) atoms. The Kier molecular flexibility index (Phi) is 6.05. The minimum Gasteiger partial charge on any atom is -0.465 e. The van der Waals surface area contributed by atoms with Crippen molar-refractivity contribution in [1.29, 1.82) is 0 Å². The lowest BCUT2D eigenvalue weighted by atomic mass is 10.1. The lowest BCUT2D eigenvalue weighted by molar-refractivity contribution is -0.384. The second-order valence-corrected chi connectivity index (χ2v) is 5.22. The van der Waals surface area contributed by atoms with E-state index in [2.05, 4.69) is 9.97 Å². The smallest absolute Gasteiger partial charge is 0.329 e. The number of carbonyl (C=O) groups excluding carboxylic acids is 1. The van der Waals surface area contributed by atoms with Crippen molar-refractivity contribution < 1.29 is 19.2 Å². The Morgan fingerprint density at radius 3 is 2.87 bits per heavy atom. The summed E-state index contributed by atoms with van der Waals surface area (Å²) in [7, 11) is 0. The van der Waals surface area contributed by atoms with Crippen molar-refractivity contribution in [2.24, 2.45) is 0 Å². The maximum absolute atomic E-state index is 11.9. The molecule has 0 N–H and O–H groups in total. The van der Waals surface area contributed by atoms with Crippen LogP contribution in [0.1, 0.15) is 19.8 Å². The van der Waals surface area contributed by atoms with Gasteiger partial charge in [-0.1, -0.05) is 0 Å². The van der Waals surface area contributed by atoms with Crippen LogP contribution >= 0.6 is 11.6 Å². The predicted molar refractivity (Wildman–Crippen MR) is 81.5 cm³/mol. The van der Waals surface area contributed by atoms with Gasteiger partial charge in [-0.05, 0) is 31.4 Å². The fourth-order valence-electron chi connectivity index (χ4n) is 2.41. The van der Waals surface area contributed by atoms with Crippen molar-refractivity contribution in [3.8, 4) is 0 Å². The molecule has 0 bridgehead atoms. The Bertz CT molecular complexity index is 579. The van der Waals surface area contributed by atoms with E-state index >= 15 is 0 Å². The van der Waals surface area contributed by atoms with E-state index in [4.69, 9.17) is 21.1 Å². The number of nitro groups is 1. The number of aromatic nitrogens is 2. The highest BCUT2D eigenvalue weighted by molar-refractivity contribution is 6.28. The van der Waals surface area contributed by atoms with Gasteiger partial charge in [-0.3, -0.25) is 14.9 Å². The molecule has 10 heteroatoms. The fraction of sp³-hybridized carbons (Fsp3) is 0.615. The number of hydrogen-bond acceptors (Lipinski definition) is 8. The third-order valence-electron chi connectivity index (χ3n) is 3.43. The van der Waals surface area contributed by atoms with Gasteiger partial charge in [0.25, 0.3) is 0 Å². The monoisotopic (exact) mass is 344 g/mol. The van der Waals surface area contributed by atoms with E-state index in [1.165, 1.54) is 0 Å². The first kappa shape index (κ1) is 17.4. The molecule has 126 valence electrons. The van der Waals surface area contributed by atoms with Gasteiger partial charge in [-0.2, -0.15) is 4.98 Å². The van der Waals surface area contributed by atoms with Crippen LogP contribution in [0.2, 0.25) is 5.28 Å². The Balaban J connectivity index is 2.37. The number of anilines is 1. The first-order chi connectivity index (χ1) is 11.0. The molecule has 9 nitrogen and oxygen atoms in total. The zero-order chi connectivity index (χ0) is 16.8. The number of carbonyl (C=O) groups is 1. The van der Waals surface area contributed by atoms with E-state index < -0.39 is 10.9 Å². The number of esters is 1. The largest absolute Gasteiger partial charge is 0.465 e. The van der Waals surface area contributed by atoms with E-state index in [1.54, 1.807) is 11.8 Å². The van der Waals surface area contributed by atoms with Crippen molar-refractivity contribution in [2.75, 3.05) is 31.3 Å². The number of hydrogen-bond donors (Lipinski definition) is 0. The minimum atomic E-state index is -0.594. The SMILES string of the molecule is CCOC(=O)CN(c1nc(Cl)ncc1[N+](=O)[O-])C1CCOCC1. The molecule has 2 heterocycles. The van der Waals surface area contributed by atoms with Crippen LogP contribution in [-0.4, -0.2) is 53.3 Å². The van der Waals surface area contributed by atoms with Gasteiger partial charge in [0.2, 0.25) is 11.1 Å². The van der Waals surface area contributed by atoms with Crippen LogP contribution in [0, 0.1) is 10.1 Å². The summed E-state index contributed by atoms with van der Waals surface area (Å²) in [6, 6.07) is -0.127. The second kappa shape index (κ2) is 8.02. The van der Waals surface area contributed by atoms with Crippen LogP contribution in [0.15, 0.2) is 6.20 Å². The van der Waals surface area contributed by atoms with Crippen LogP contribution in [0.4, 0.5) is 11.5 Å². The fourth-order valence-corrected chi connectivity index (χ4v) is 2.53. The summed E-state index contributed by atoms with van der Waals surface area (Å²) < 4.78 is 10.3. The van der Waals surface area contributed by atoms with Gasteiger partial charge < -0.3 is 14.4 Å². The zero-order valence-corrected chi connectivity index (χ0v) is 13.4. The summed E-state index contributed by atoms with van der Waals surface area (Å²) in [5, 5.41) is 11.1. The second-order valence-electron chi connectivity index (χ2n) is 4.88. The molecule has 0 radical (unpaired) electrons. The van der Waals surface area contributed by atoms with E-state index in [0.717, 1.165) is 6.20 Å². The van der Waals surface area contributed by atoms with Crippen molar-refractivity contribution in [3.63, 3.8) is 0 Å². The topological polar surface area (TPSA) is 108 Å². The maximum Gasteiger partial charge on any atom is 0.329 e. The maximum atomic E-state index is 11.9. The third kappa shape index (κ3) is 4.49. The molecule has 0 spiro atoms. The lowest BCUT2D eigenvalue weighted by Crippen LogP contribution is -2.43. The molecule has 0 unspecified atom stereocenters. The Morgan fingerprint density at radius 1 is 1.57 bits per heavy atom. The van der Waals surface area contributed by atoms with E-state index in [0.29, 0.717) is 26.1 Å². The van der Waals surface area contributed by atoms with Crippen LogP contribution in [-0.2, 0) is 14.3 Å². The first-order valence-electron chi connectivity index (χ1n) is 7.19. The Hall–Kier alpha value is -2.00. The lowest BCUT2D eigenvalue weighted by Gasteiger charge is -2.33. The van der Waals surface area contributed by atoms with Crippen molar-refractivity contribution in [3.05, 3.63) is 21.6 Å². The highest BCUT2D eigenvalue weighted by Crippen LogP contribution is 2.30. The highest BCUT2D eigenvalue weighted by atomic mass is 35.5. The predicted octanol–water partition coefficient (Wildman–Crippen LogP) is 1.59. The Labute approximate surface area is 137 Å². The van der Waals surface area contributed by atoms with E-state index in [1.807, 2.05) is 0 Å². The molecule has 0 atom stereocenters. The molecule has 1 aliphatic rings. The van der Waals surface area contributed by atoms with Crippen LogP contribution in [0.25, 0.3) is 0 Å². The first-order valence-corrected chi connectivity index (χ1v) is 7.57. The van der Waals surface area contributed by atoms with Crippen LogP contribution in [0.5, 0.6) is 0 Å². The number of ether oxygens (including phenoxy) is 2. The van der Waals surface area contributed by atoms with E-state index in [9.17, 15) is 14.9 Å². The molecule has 2 rings (SSSR count). The Morgan fingerprint density at radius 2 is 2.26 bits per heavy atom. The van der Waals surface area contributed by atoms with E-state index in [-0.39, 0.29) is 36.0 Å². The molecule has 0 aromatic carbocycles. The molecule has 1 aliphatic heterocycles. The minimum absolute atomic E-state index is 0.0231. The van der Waals surface area contributed by atoms with Gasteiger partial charge in [-0.25, -0.2) is 4.98 Å². The molecular formula is C13H17ClN4O5. The molecule has 1 aromatic heterocycles. The highest BCUT2D eigenvalue weighted by Gasteiger charge is 2.31. The number of rotatable bonds is 6. The van der Waals surface area contributed by atoms with Crippen molar-refractivity contribution >= 4 is 29.1 Å². The molecule has 1 saturated heterocycles. The van der Waals surface area contributed by atoms with Gasteiger partial charge in [0.1, 0.15) is 12.7 Å². The summed E-state index contributed by atoms with van der Waals surface area (Å²) in [5.74, 6) is -0.460. The average molecular weight is 345 g/mol. The summed E-state index contributed by atoms with van der Waals surface area (Å²) in [6.45, 7) is 2.80. The number of nitrogens with zero attached hydrogens (tertiary/aromatic N) is 4. The summed E-state index contributed by atoms with van der Waals surface area (Å²) in [5.41, 5.74) is -0.301. The number of halogens is 1. The zero-order valence-electron chi connectivity index (χ0n) is 12.6. The summed E-state index contributed by atoms with van der Waals surface area (Å²) >= 11 is 5.79. The third-order valence-corrected chi connectivity index (χ3v) is 3.61. The quantitative estimate of drug-likeness (QED) is 0.331. The van der Waals surface area contributed by atoms with Gasteiger partial charge in [-0.15, -0.1) is 0 Å².